The number of ether oxygens (including phenoxy) is 1. The molecule has 0 bridgehead atoms. The van der Waals surface area contributed by atoms with Crippen LogP contribution < -0.4 is 10.6 Å². The summed E-state index contributed by atoms with van der Waals surface area (Å²) in [6.45, 7) is 7.20. The molecule has 30 heavy (non-hydrogen) atoms. The Balaban J connectivity index is 0.00000320. The third-order valence-corrected chi connectivity index (χ3v) is 5.26. The number of rotatable bonds is 9. The number of hydrogen-bond acceptors (Lipinski definition) is 4. The van der Waals surface area contributed by atoms with Crippen molar-refractivity contribution >= 4 is 29.9 Å². The van der Waals surface area contributed by atoms with E-state index in [1.165, 1.54) is 30.4 Å². The van der Waals surface area contributed by atoms with Gasteiger partial charge < -0.3 is 19.8 Å². The zero-order valence-electron chi connectivity index (χ0n) is 18.1. The van der Waals surface area contributed by atoms with Gasteiger partial charge in [0.2, 0.25) is 0 Å². The van der Waals surface area contributed by atoms with Gasteiger partial charge in [-0.3, -0.25) is 4.90 Å². The van der Waals surface area contributed by atoms with Gasteiger partial charge in [0.1, 0.15) is 5.76 Å². The molecule has 1 saturated heterocycles. The minimum Gasteiger partial charge on any atom is -0.468 e. The fourth-order valence-electron chi connectivity index (χ4n) is 3.73. The van der Waals surface area contributed by atoms with Gasteiger partial charge in [-0.1, -0.05) is 30.7 Å². The van der Waals surface area contributed by atoms with Crippen molar-refractivity contribution in [1.29, 1.82) is 0 Å². The fraction of sp³-hybridized carbons (Fsp3) is 0.522. The largest absolute Gasteiger partial charge is 0.468 e. The first kappa shape index (κ1) is 24.7. The summed E-state index contributed by atoms with van der Waals surface area (Å²) in [4.78, 5) is 7.29. The first-order valence-corrected chi connectivity index (χ1v) is 10.7. The van der Waals surface area contributed by atoms with Gasteiger partial charge in [0, 0.05) is 20.2 Å². The van der Waals surface area contributed by atoms with Crippen molar-refractivity contribution in [2.24, 2.45) is 4.99 Å². The SMILES string of the molecule is CCNC(=NCc1ccc(COC)cc1)NCC(c1ccco1)N1CCCCC1.I. The number of nitrogens with one attached hydrogen (secondary N) is 2. The van der Waals surface area contributed by atoms with Crippen LogP contribution in [0, 0.1) is 0 Å². The molecule has 1 unspecified atom stereocenters. The van der Waals surface area contributed by atoms with E-state index in [-0.39, 0.29) is 30.0 Å². The average molecular weight is 526 g/mol. The molecular formula is C23H35IN4O2. The predicted octanol–water partition coefficient (Wildman–Crippen LogP) is 4.33. The lowest BCUT2D eigenvalue weighted by Crippen LogP contribution is -2.44. The number of halogens is 1. The van der Waals surface area contributed by atoms with Crippen LogP contribution in [0.2, 0.25) is 0 Å². The summed E-state index contributed by atoms with van der Waals surface area (Å²) in [6, 6.07) is 12.7. The van der Waals surface area contributed by atoms with Crippen LogP contribution in [0.5, 0.6) is 0 Å². The van der Waals surface area contributed by atoms with Gasteiger partial charge in [-0.2, -0.15) is 0 Å². The van der Waals surface area contributed by atoms with Crippen LogP contribution in [-0.2, 0) is 17.9 Å². The average Bonchev–Trinajstić information content (AvgIpc) is 3.29. The van der Waals surface area contributed by atoms with Crippen LogP contribution in [-0.4, -0.2) is 44.1 Å². The molecule has 3 rings (SSSR count). The van der Waals surface area contributed by atoms with Gasteiger partial charge >= 0.3 is 0 Å². The molecular weight excluding hydrogens is 491 g/mol. The van der Waals surface area contributed by atoms with Crippen LogP contribution in [0.25, 0.3) is 0 Å². The number of aliphatic imine (C=N–C) groups is 1. The maximum Gasteiger partial charge on any atom is 0.191 e. The lowest BCUT2D eigenvalue weighted by molar-refractivity contribution is 0.146. The molecule has 6 nitrogen and oxygen atoms in total. The van der Waals surface area contributed by atoms with Crippen molar-refractivity contribution in [3.8, 4) is 0 Å². The highest BCUT2D eigenvalue weighted by molar-refractivity contribution is 14.0. The van der Waals surface area contributed by atoms with Gasteiger partial charge in [0.15, 0.2) is 5.96 Å². The molecule has 0 amide bonds. The van der Waals surface area contributed by atoms with Crippen LogP contribution in [0.3, 0.4) is 0 Å². The van der Waals surface area contributed by atoms with Crippen molar-refractivity contribution in [1.82, 2.24) is 15.5 Å². The molecule has 2 aromatic rings. The number of benzene rings is 1. The van der Waals surface area contributed by atoms with E-state index in [1.807, 2.05) is 6.07 Å². The first-order valence-electron chi connectivity index (χ1n) is 10.7. The van der Waals surface area contributed by atoms with E-state index >= 15 is 0 Å². The molecule has 0 saturated carbocycles. The molecule has 0 radical (unpaired) electrons. The number of furan rings is 1. The zero-order valence-corrected chi connectivity index (χ0v) is 20.4. The lowest BCUT2D eigenvalue weighted by atomic mass is 10.1. The summed E-state index contributed by atoms with van der Waals surface area (Å²) in [6.07, 6.45) is 5.59. The minimum absolute atomic E-state index is 0. The van der Waals surface area contributed by atoms with Crippen molar-refractivity contribution < 1.29 is 9.15 Å². The maximum absolute atomic E-state index is 5.75. The van der Waals surface area contributed by atoms with Gasteiger partial charge in [-0.05, 0) is 56.1 Å². The summed E-state index contributed by atoms with van der Waals surface area (Å²) in [5.41, 5.74) is 2.36. The number of nitrogens with zero attached hydrogens (tertiary/aromatic N) is 2. The Morgan fingerprint density at radius 1 is 1.10 bits per heavy atom. The standard InChI is InChI=1S/C23H34N4O2.HI/c1-3-24-23(25-16-19-9-11-20(12-10-19)18-28-2)26-17-21(22-8-7-15-29-22)27-13-5-4-6-14-27;/h7-12,15,21H,3-6,13-14,16-18H2,1-2H3,(H2,24,25,26);1H. The Hall–Kier alpha value is -1.58. The molecule has 2 heterocycles. The molecule has 7 heteroatoms. The van der Waals surface area contributed by atoms with Gasteiger partial charge in [-0.15, -0.1) is 24.0 Å². The molecule has 1 fully saturated rings. The molecule has 1 aromatic carbocycles. The minimum atomic E-state index is 0. The Kier molecular flexibility index (Phi) is 11.2. The second-order valence-corrected chi connectivity index (χ2v) is 7.45. The highest BCUT2D eigenvalue weighted by atomic mass is 127. The van der Waals surface area contributed by atoms with E-state index in [9.17, 15) is 0 Å². The maximum atomic E-state index is 5.75. The van der Waals surface area contributed by atoms with Gasteiger partial charge in [0.25, 0.3) is 0 Å². The molecule has 1 aliphatic heterocycles. The van der Waals surface area contributed by atoms with E-state index < -0.39 is 0 Å². The molecule has 0 spiro atoms. The first-order chi connectivity index (χ1) is 14.3. The molecule has 2 N–H and O–H groups in total. The zero-order chi connectivity index (χ0) is 20.3. The lowest BCUT2D eigenvalue weighted by Gasteiger charge is -2.33. The second kappa shape index (κ2) is 13.7. The number of likely N-dealkylation sites (tertiary alicyclic amines) is 1. The highest BCUT2D eigenvalue weighted by Crippen LogP contribution is 2.24. The van der Waals surface area contributed by atoms with Crippen molar-refractivity contribution in [2.75, 3.05) is 33.3 Å². The van der Waals surface area contributed by atoms with Crippen molar-refractivity contribution in [3.05, 3.63) is 59.5 Å². The van der Waals surface area contributed by atoms with Gasteiger partial charge in [0.05, 0.1) is 25.5 Å². The summed E-state index contributed by atoms with van der Waals surface area (Å²) >= 11 is 0. The van der Waals surface area contributed by atoms with Crippen LogP contribution in [0.1, 0.15) is 49.1 Å². The Morgan fingerprint density at radius 2 is 1.83 bits per heavy atom. The summed E-state index contributed by atoms with van der Waals surface area (Å²) in [5, 5.41) is 6.88. The number of guanidine groups is 1. The molecule has 1 atom stereocenters. The monoisotopic (exact) mass is 526 g/mol. The molecule has 166 valence electrons. The van der Waals surface area contributed by atoms with E-state index in [0.29, 0.717) is 13.2 Å². The normalized spacial score (nSPS) is 16.0. The fourth-order valence-corrected chi connectivity index (χ4v) is 3.73. The van der Waals surface area contributed by atoms with Crippen LogP contribution in [0.4, 0.5) is 0 Å². The summed E-state index contributed by atoms with van der Waals surface area (Å²) in [7, 11) is 1.71. The number of piperidine rings is 1. The van der Waals surface area contributed by atoms with E-state index in [2.05, 4.69) is 52.8 Å². The predicted molar refractivity (Wildman–Crippen MR) is 132 cm³/mol. The third kappa shape index (κ3) is 7.59. The second-order valence-electron chi connectivity index (χ2n) is 7.45. The Bertz CT molecular complexity index is 728. The smallest absolute Gasteiger partial charge is 0.191 e. The molecule has 1 aliphatic rings. The van der Waals surface area contributed by atoms with Crippen LogP contribution >= 0.6 is 24.0 Å². The van der Waals surface area contributed by atoms with Crippen molar-refractivity contribution in [3.63, 3.8) is 0 Å². The van der Waals surface area contributed by atoms with E-state index in [4.69, 9.17) is 14.1 Å². The number of methoxy groups -OCH3 is 1. The Labute approximate surface area is 197 Å². The Morgan fingerprint density at radius 3 is 2.47 bits per heavy atom. The van der Waals surface area contributed by atoms with Gasteiger partial charge in [-0.25, -0.2) is 4.99 Å². The molecule has 1 aromatic heterocycles. The summed E-state index contributed by atoms with van der Waals surface area (Å²) < 4.78 is 10.9. The topological polar surface area (TPSA) is 62.0 Å². The third-order valence-electron chi connectivity index (χ3n) is 5.26. The molecule has 0 aliphatic carbocycles. The van der Waals surface area contributed by atoms with Crippen LogP contribution in [0.15, 0.2) is 52.1 Å². The number of hydrogen-bond donors (Lipinski definition) is 2. The summed E-state index contributed by atoms with van der Waals surface area (Å²) in [5.74, 6) is 1.85. The van der Waals surface area contributed by atoms with Crippen molar-refractivity contribution in [2.45, 2.75) is 45.4 Å². The van der Waals surface area contributed by atoms with E-state index in [0.717, 1.165) is 37.9 Å². The van der Waals surface area contributed by atoms with E-state index in [1.54, 1.807) is 13.4 Å². The highest BCUT2D eigenvalue weighted by Gasteiger charge is 2.24. The quantitative estimate of drug-likeness (QED) is 0.290.